The summed E-state index contributed by atoms with van der Waals surface area (Å²) in [5.41, 5.74) is 3.13. The number of sulfonamides is 1. The van der Waals surface area contributed by atoms with E-state index in [0.717, 1.165) is 16.7 Å². The molecule has 15 heteroatoms. The zero-order valence-corrected chi connectivity index (χ0v) is 28.9. The second kappa shape index (κ2) is 14.5. The van der Waals surface area contributed by atoms with Crippen LogP contribution in [0.25, 0.3) is 0 Å². The summed E-state index contributed by atoms with van der Waals surface area (Å²) >= 11 is 0. The van der Waals surface area contributed by atoms with Crippen molar-refractivity contribution in [3.8, 4) is 0 Å². The van der Waals surface area contributed by atoms with Crippen LogP contribution in [0.1, 0.15) is 57.9 Å². The standard InChI is InChI=1S/C35H39N7O7S/c1-22-10-16-26(17-11-22)50(48,49)40-29(33(45)46)21-36-31(43)28-20-30-32(44)41(18-7-19-42(30)39-28)35(3,4)24-12-14-25(15-13-24)37-34(47)38-27-9-6-5-8-23(27)2/h5-6,8-17,20,29,40H,7,18-19,21H2,1-4H3,(H,36,43)(H,45,46)(H2,37,38,47)/t29-/m1/s1. The Bertz CT molecular complexity index is 2020. The molecular weight excluding hydrogens is 662 g/mol. The number of aromatic nitrogens is 2. The summed E-state index contributed by atoms with van der Waals surface area (Å²) in [6.07, 6.45) is 0.547. The fourth-order valence-corrected chi connectivity index (χ4v) is 6.76. The molecule has 1 aliphatic heterocycles. The fraction of sp³-hybridized carbons (Fsp3) is 0.286. The van der Waals surface area contributed by atoms with Crippen LogP contribution in [0.5, 0.6) is 0 Å². The van der Waals surface area contributed by atoms with E-state index in [9.17, 15) is 32.7 Å². The lowest BCUT2D eigenvalue weighted by Crippen LogP contribution is -2.48. The van der Waals surface area contributed by atoms with E-state index < -0.39 is 40.0 Å². The van der Waals surface area contributed by atoms with Crippen LogP contribution >= 0.6 is 0 Å². The van der Waals surface area contributed by atoms with Crippen molar-refractivity contribution in [1.29, 1.82) is 0 Å². The lowest BCUT2D eigenvalue weighted by molar-refractivity contribution is -0.138. The molecule has 0 saturated carbocycles. The Balaban J connectivity index is 1.24. The van der Waals surface area contributed by atoms with Gasteiger partial charge in [0.2, 0.25) is 10.0 Å². The second-order valence-electron chi connectivity index (χ2n) is 12.5. The molecule has 2 heterocycles. The monoisotopic (exact) mass is 701 g/mol. The number of fused-ring (bicyclic) bond motifs is 1. The van der Waals surface area contributed by atoms with Crippen LogP contribution in [0.2, 0.25) is 0 Å². The quantitative estimate of drug-likeness (QED) is 0.154. The van der Waals surface area contributed by atoms with Crippen LogP contribution in [0.3, 0.4) is 0 Å². The molecule has 0 unspecified atom stereocenters. The number of anilines is 2. The van der Waals surface area contributed by atoms with Crippen molar-refractivity contribution in [2.45, 2.75) is 57.1 Å². The van der Waals surface area contributed by atoms with Gasteiger partial charge in [-0.2, -0.15) is 9.82 Å². The highest BCUT2D eigenvalue weighted by molar-refractivity contribution is 7.89. The normalized spacial score (nSPS) is 13.9. The smallest absolute Gasteiger partial charge is 0.323 e. The first-order valence-corrected chi connectivity index (χ1v) is 17.4. The number of rotatable bonds is 11. The molecule has 5 rings (SSSR count). The van der Waals surface area contributed by atoms with Crippen LogP contribution in [0.4, 0.5) is 16.2 Å². The maximum absolute atomic E-state index is 13.9. The highest BCUT2D eigenvalue weighted by atomic mass is 32.2. The van der Waals surface area contributed by atoms with E-state index in [2.05, 4.69) is 25.8 Å². The Kier molecular flexibility index (Phi) is 10.4. The van der Waals surface area contributed by atoms with Crippen molar-refractivity contribution in [2.75, 3.05) is 23.7 Å². The number of aliphatic carboxylic acids is 1. The van der Waals surface area contributed by atoms with Crippen LogP contribution in [-0.2, 0) is 26.9 Å². The number of aryl methyl sites for hydroxylation is 3. The van der Waals surface area contributed by atoms with Crippen LogP contribution in [0.15, 0.2) is 83.8 Å². The average molecular weight is 702 g/mol. The number of benzene rings is 3. The summed E-state index contributed by atoms with van der Waals surface area (Å²) in [5.74, 6) is -2.60. The molecule has 1 aliphatic rings. The molecule has 1 aromatic heterocycles. The summed E-state index contributed by atoms with van der Waals surface area (Å²) in [4.78, 5) is 53.0. The van der Waals surface area contributed by atoms with Crippen molar-refractivity contribution in [1.82, 2.24) is 24.7 Å². The molecule has 1 atom stereocenters. The number of hydrogen-bond acceptors (Lipinski definition) is 7. The van der Waals surface area contributed by atoms with Gasteiger partial charge in [0.15, 0.2) is 5.69 Å². The molecule has 5 N–H and O–H groups in total. The first kappa shape index (κ1) is 35.8. The van der Waals surface area contributed by atoms with Gasteiger partial charge in [-0.25, -0.2) is 13.2 Å². The van der Waals surface area contributed by atoms with Crippen LogP contribution < -0.4 is 20.7 Å². The largest absolute Gasteiger partial charge is 0.480 e. The lowest BCUT2D eigenvalue weighted by atomic mass is 9.91. The van der Waals surface area contributed by atoms with Gasteiger partial charge in [-0.15, -0.1) is 0 Å². The van der Waals surface area contributed by atoms with E-state index in [1.54, 1.807) is 36.1 Å². The van der Waals surface area contributed by atoms with Crippen molar-refractivity contribution in [2.24, 2.45) is 0 Å². The number of nitrogens with one attached hydrogen (secondary N) is 4. The molecule has 0 bridgehead atoms. The molecule has 3 aromatic carbocycles. The number of nitrogens with zero attached hydrogens (tertiary/aromatic N) is 3. The number of carbonyl (C=O) groups excluding carboxylic acids is 3. The van der Waals surface area contributed by atoms with E-state index >= 15 is 0 Å². The Morgan fingerprint density at radius 3 is 2.28 bits per heavy atom. The van der Waals surface area contributed by atoms with Crippen molar-refractivity contribution >= 4 is 45.2 Å². The molecule has 0 saturated heterocycles. The number of urea groups is 1. The number of para-hydroxylation sites is 1. The second-order valence-corrected chi connectivity index (χ2v) is 14.2. The Labute approximate surface area is 289 Å². The minimum Gasteiger partial charge on any atom is -0.480 e. The maximum atomic E-state index is 13.9. The molecule has 0 fully saturated rings. The SMILES string of the molecule is Cc1ccc(S(=O)(=O)N[C@H](CNC(=O)c2cc3n(n2)CCCN(C(C)(C)c2ccc(NC(=O)Nc4ccccc4C)cc2)C3=O)C(=O)O)cc1. The van der Waals surface area contributed by atoms with Gasteiger partial charge in [-0.3, -0.25) is 19.1 Å². The number of hydrogen-bond donors (Lipinski definition) is 5. The number of amides is 4. The minimum absolute atomic E-state index is 0.113. The van der Waals surface area contributed by atoms with E-state index in [0.29, 0.717) is 30.9 Å². The number of carboxylic acid groups (broad SMARTS) is 1. The molecule has 4 amide bonds. The van der Waals surface area contributed by atoms with E-state index in [4.69, 9.17) is 0 Å². The van der Waals surface area contributed by atoms with E-state index in [1.165, 1.54) is 22.9 Å². The van der Waals surface area contributed by atoms with Gasteiger partial charge < -0.3 is 26.0 Å². The predicted molar refractivity (Wildman–Crippen MR) is 186 cm³/mol. The Hall–Kier alpha value is -5.54. The zero-order valence-electron chi connectivity index (χ0n) is 28.1. The predicted octanol–water partition coefficient (Wildman–Crippen LogP) is 4.09. The summed E-state index contributed by atoms with van der Waals surface area (Å²) in [6.45, 7) is 7.70. The third-order valence-corrected chi connectivity index (χ3v) is 10.0. The van der Waals surface area contributed by atoms with Crippen LogP contribution in [-0.4, -0.2) is 71.2 Å². The summed E-state index contributed by atoms with van der Waals surface area (Å²) in [5, 5.41) is 22.0. The summed E-state index contributed by atoms with van der Waals surface area (Å²) < 4.78 is 29.1. The van der Waals surface area contributed by atoms with Crippen molar-refractivity contribution in [3.05, 3.63) is 107 Å². The first-order chi connectivity index (χ1) is 23.7. The third-order valence-electron chi connectivity index (χ3n) is 8.54. The highest BCUT2D eigenvalue weighted by Gasteiger charge is 2.37. The Morgan fingerprint density at radius 2 is 1.62 bits per heavy atom. The zero-order chi connectivity index (χ0) is 36.2. The number of carboxylic acids is 1. The summed E-state index contributed by atoms with van der Waals surface area (Å²) in [6, 6.07) is 19.8. The third kappa shape index (κ3) is 8.01. The Morgan fingerprint density at radius 1 is 0.940 bits per heavy atom. The van der Waals surface area contributed by atoms with Gasteiger partial charge in [0.25, 0.3) is 11.8 Å². The average Bonchev–Trinajstić information content (AvgIpc) is 3.43. The number of carbonyl (C=O) groups is 4. The van der Waals surface area contributed by atoms with Gasteiger partial charge >= 0.3 is 12.0 Å². The minimum atomic E-state index is -4.19. The van der Waals surface area contributed by atoms with Crippen molar-refractivity contribution < 1.29 is 32.7 Å². The molecule has 4 aromatic rings. The highest BCUT2D eigenvalue weighted by Crippen LogP contribution is 2.32. The fourth-order valence-electron chi connectivity index (χ4n) is 5.57. The maximum Gasteiger partial charge on any atom is 0.323 e. The van der Waals surface area contributed by atoms with Gasteiger partial charge in [-0.05, 0) is 75.6 Å². The molecule has 0 radical (unpaired) electrons. The molecule has 262 valence electrons. The molecular formula is C35H39N7O7S. The van der Waals surface area contributed by atoms with Gasteiger partial charge in [-0.1, -0.05) is 48.0 Å². The van der Waals surface area contributed by atoms with Crippen LogP contribution in [0, 0.1) is 13.8 Å². The summed E-state index contributed by atoms with van der Waals surface area (Å²) in [7, 11) is -4.19. The lowest BCUT2D eigenvalue weighted by Gasteiger charge is -2.38. The molecule has 14 nitrogen and oxygen atoms in total. The molecule has 0 aliphatic carbocycles. The molecule has 50 heavy (non-hydrogen) atoms. The van der Waals surface area contributed by atoms with E-state index in [1.807, 2.05) is 57.2 Å². The van der Waals surface area contributed by atoms with Gasteiger partial charge in [0.1, 0.15) is 11.7 Å². The van der Waals surface area contributed by atoms with Crippen molar-refractivity contribution in [3.63, 3.8) is 0 Å². The topological polar surface area (TPSA) is 192 Å². The van der Waals surface area contributed by atoms with Gasteiger partial charge in [0.05, 0.1) is 10.4 Å². The molecule has 0 spiro atoms. The van der Waals surface area contributed by atoms with E-state index in [-0.39, 0.29) is 28.2 Å². The first-order valence-electron chi connectivity index (χ1n) is 15.9. The van der Waals surface area contributed by atoms with Gasteiger partial charge in [0, 0.05) is 37.1 Å².